The van der Waals surface area contributed by atoms with Crippen LogP contribution in [0.25, 0.3) is 0 Å². The summed E-state index contributed by atoms with van der Waals surface area (Å²) in [5.41, 5.74) is 0. The van der Waals surface area contributed by atoms with E-state index in [-0.39, 0.29) is 17.7 Å². The predicted molar refractivity (Wildman–Crippen MR) is 69.9 cm³/mol. The Hall–Kier alpha value is -1.32. The summed E-state index contributed by atoms with van der Waals surface area (Å²) in [7, 11) is 0. The summed E-state index contributed by atoms with van der Waals surface area (Å²) in [5.74, 6) is -2.17. The van der Waals surface area contributed by atoms with Gasteiger partial charge in [0.1, 0.15) is 0 Å². The fourth-order valence-electron chi connectivity index (χ4n) is 3.38. The quantitative estimate of drug-likeness (QED) is 0.548. The van der Waals surface area contributed by atoms with E-state index < -0.39 is 17.8 Å². The van der Waals surface area contributed by atoms with E-state index in [1.165, 1.54) is 6.42 Å². The molecule has 0 aliphatic heterocycles. The van der Waals surface area contributed by atoms with Crippen molar-refractivity contribution in [3.05, 3.63) is 12.2 Å². The van der Waals surface area contributed by atoms with Gasteiger partial charge < -0.3 is 15.2 Å². The first-order valence-electron chi connectivity index (χ1n) is 7.32. The van der Waals surface area contributed by atoms with E-state index in [1.807, 2.05) is 12.2 Å². The van der Waals surface area contributed by atoms with Crippen molar-refractivity contribution in [2.75, 3.05) is 6.54 Å². The van der Waals surface area contributed by atoms with Gasteiger partial charge in [0.2, 0.25) is 5.91 Å². The van der Waals surface area contributed by atoms with Crippen LogP contribution in [0.3, 0.4) is 0 Å². The van der Waals surface area contributed by atoms with Crippen LogP contribution < -0.4 is 10.4 Å². The average molecular weight is 264 g/mol. The standard InChI is InChI=1S/C15H23NO3/c1-2-3-4-5-8-16-14(17)12-10-6-7-11(9-10)13(12)15(18)19/h6-7,10-13H,2-5,8-9H2,1H3,(H,16,17)(H,18,19)/p-1/t10-,11+,12+,13-/m0/s1. The van der Waals surface area contributed by atoms with E-state index in [9.17, 15) is 14.7 Å². The Morgan fingerprint density at radius 1 is 1.16 bits per heavy atom. The van der Waals surface area contributed by atoms with Crippen molar-refractivity contribution in [1.82, 2.24) is 5.32 Å². The number of amides is 1. The summed E-state index contributed by atoms with van der Waals surface area (Å²) in [4.78, 5) is 23.3. The lowest BCUT2D eigenvalue weighted by atomic mass is 9.82. The molecule has 4 heteroatoms. The molecule has 4 atom stereocenters. The summed E-state index contributed by atoms with van der Waals surface area (Å²) in [6, 6.07) is 0. The van der Waals surface area contributed by atoms with E-state index in [4.69, 9.17) is 0 Å². The molecule has 2 aliphatic rings. The molecule has 2 aliphatic carbocycles. The van der Waals surface area contributed by atoms with Crippen molar-refractivity contribution < 1.29 is 14.7 Å². The van der Waals surface area contributed by atoms with E-state index in [0.717, 1.165) is 25.7 Å². The molecule has 2 bridgehead atoms. The number of hydrogen-bond acceptors (Lipinski definition) is 3. The highest BCUT2D eigenvalue weighted by Crippen LogP contribution is 2.47. The first-order chi connectivity index (χ1) is 9.15. The molecule has 1 saturated carbocycles. The van der Waals surface area contributed by atoms with Gasteiger partial charge in [0.15, 0.2) is 0 Å². The Kier molecular flexibility index (Phi) is 4.61. The molecule has 2 rings (SSSR count). The minimum atomic E-state index is -1.08. The monoisotopic (exact) mass is 264 g/mol. The first-order valence-corrected chi connectivity index (χ1v) is 7.32. The maximum Gasteiger partial charge on any atom is 0.224 e. The molecule has 106 valence electrons. The topological polar surface area (TPSA) is 69.2 Å². The second-order valence-corrected chi connectivity index (χ2v) is 5.67. The number of allylic oxidation sites excluding steroid dienone is 2. The van der Waals surface area contributed by atoms with Gasteiger partial charge in [-0.1, -0.05) is 38.3 Å². The number of carbonyl (C=O) groups excluding carboxylic acids is 2. The number of carbonyl (C=O) groups is 2. The molecule has 1 N–H and O–H groups in total. The predicted octanol–water partition coefficient (Wildman–Crippen LogP) is 0.871. The molecule has 19 heavy (non-hydrogen) atoms. The highest BCUT2D eigenvalue weighted by molar-refractivity contribution is 5.86. The lowest BCUT2D eigenvalue weighted by Gasteiger charge is -2.27. The number of fused-ring (bicyclic) bond motifs is 2. The summed E-state index contributed by atoms with van der Waals surface area (Å²) in [5, 5.41) is 14.1. The largest absolute Gasteiger partial charge is 0.550 e. The van der Waals surface area contributed by atoms with Crippen molar-refractivity contribution >= 4 is 11.9 Å². The summed E-state index contributed by atoms with van der Waals surface area (Å²) < 4.78 is 0. The summed E-state index contributed by atoms with van der Waals surface area (Å²) in [6.45, 7) is 2.79. The molecule has 0 aromatic carbocycles. The Labute approximate surface area is 114 Å². The van der Waals surface area contributed by atoms with E-state index in [1.54, 1.807) is 0 Å². The SMILES string of the molecule is CCCCCCNC(=O)[C@H]1[C@@H](C(=O)[O-])[C@@H]2C=C[C@H]1C2. The Morgan fingerprint density at radius 3 is 2.47 bits per heavy atom. The third-order valence-corrected chi connectivity index (χ3v) is 4.36. The third kappa shape index (κ3) is 2.99. The van der Waals surface area contributed by atoms with Gasteiger partial charge in [-0.25, -0.2) is 0 Å². The van der Waals surface area contributed by atoms with Crippen molar-refractivity contribution in [2.45, 2.75) is 39.0 Å². The maximum atomic E-state index is 12.1. The van der Waals surface area contributed by atoms with Crippen LogP contribution in [-0.4, -0.2) is 18.4 Å². The van der Waals surface area contributed by atoms with Gasteiger partial charge in [-0.05, 0) is 24.7 Å². The molecule has 1 fully saturated rings. The number of carboxylic acid groups (broad SMARTS) is 1. The summed E-state index contributed by atoms with van der Waals surface area (Å²) >= 11 is 0. The second-order valence-electron chi connectivity index (χ2n) is 5.67. The zero-order chi connectivity index (χ0) is 13.8. The van der Waals surface area contributed by atoms with Gasteiger partial charge in [0.25, 0.3) is 0 Å². The lowest BCUT2D eigenvalue weighted by Crippen LogP contribution is -2.45. The number of rotatable bonds is 7. The molecule has 4 nitrogen and oxygen atoms in total. The molecular formula is C15H22NO3-. The number of nitrogens with one attached hydrogen (secondary N) is 1. The highest BCUT2D eigenvalue weighted by Gasteiger charge is 2.48. The second kappa shape index (κ2) is 6.22. The van der Waals surface area contributed by atoms with Crippen molar-refractivity contribution in [3.63, 3.8) is 0 Å². The third-order valence-electron chi connectivity index (χ3n) is 4.36. The van der Waals surface area contributed by atoms with Crippen LogP contribution in [0.1, 0.15) is 39.0 Å². The normalized spacial score (nSPS) is 31.6. The number of aliphatic carboxylic acids is 1. The minimum Gasteiger partial charge on any atom is -0.550 e. The van der Waals surface area contributed by atoms with Gasteiger partial charge in [0, 0.05) is 18.4 Å². The van der Waals surface area contributed by atoms with E-state index in [2.05, 4.69) is 12.2 Å². The summed E-state index contributed by atoms with van der Waals surface area (Å²) in [6.07, 6.45) is 9.12. The molecule has 1 amide bonds. The minimum absolute atomic E-state index is 0.00848. The molecule has 0 aromatic rings. The molecule has 0 radical (unpaired) electrons. The van der Waals surface area contributed by atoms with Gasteiger partial charge in [-0.15, -0.1) is 0 Å². The van der Waals surface area contributed by atoms with Crippen LogP contribution in [0.15, 0.2) is 12.2 Å². The molecule has 0 spiro atoms. The van der Waals surface area contributed by atoms with Crippen molar-refractivity contribution in [1.29, 1.82) is 0 Å². The zero-order valence-corrected chi connectivity index (χ0v) is 11.4. The van der Waals surface area contributed by atoms with Gasteiger partial charge >= 0.3 is 0 Å². The number of unbranched alkanes of at least 4 members (excludes halogenated alkanes) is 3. The molecule has 0 saturated heterocycles. The lowest BCUT2D eigenvalue weighted by molar-refractivity contribution is -0.313. The fourth-order valence-corrected chi connectivity index (χ4v) is 3.38. The van der Waals surface area contributed by atoms with E-state index in [0.29, 0.717) is 6.54 Å². The zero-order valence-electron chi connectivity index (χ0n) is 11.4. The molecular weight excluding hydrogens is 242 g/mol. The van der Waals surface area contributed by atoms with Gasteiger partial charge in [0.05, 0.1) is 5.92 Å². The Bertz CT molecular complexity index is 378. The Balaban J connectivity index is 1.84. The maximum absolute atomic E-state index is 12.1. The van der Waals surface area contributed by atoms with Gasteiger partial charge in [-0.2, -0.15) is 0 Å². The molecule has 0 unspecified atom stereocenters. The van der Waals surface area contributed by atoms with Crippen LogP contribution in [0.4, 0.5) is 0 Å². The van der Waals surface area contributed by atoms with Crippen molar-refractivity contribution in [2.24, 2.45) is 23.7 Å². The molecule has 0 aromatic heterocycles. The van der Waals surface area contributed by atoms with Crippen LogP contribution in [0.2, 0.25) is 0 Å². The Morgan fingerprint density at radius 2 is 1.84 bits per heavy atom. The first kappa shape index (κ1) is 14.1. The fraction of sp³-hybridized carbons (Fsp3) is 0.733. The molecule has 0 heterocycles. The smallest absolute Gasteiger partial charge is 0.224 e. The number of carboxylic acids is 1. The van der Waals surface area contributed by atoms with Crippen LogP contribution in [0.5, 0.6) is 0 Å². The average Bonchev–Trinajstić information content (AvgIpc) is 2.98. The van der Waals surface area contributed by atoms with Crippen LogP contribution in [0, 0.1) is 23.7 Å². The van der Waals surface area contributed by atoms with E-state index >= 15 is 0 Å². The van der Waals surface area contributed by atoms with Crippen LogP contribution >= 0.6 is 0 Å². The van der Waals surface area contributed by atoms with Crippen LogP contribution in [-0.2, 0) is 9.59 Å². The van der Waals surface area contributed by atoms with Crippen molar-refractivity contribution in [3.8, 4) is 0 Å². The number of hydrogen-bond donors (Lipinski definition) is 1. The highest BCUT2D eigenvalue weighted by atomic mass is 16.4. The van der Waals surface area contributed by atoms with Gasteiger partial charge in [-0.3, -0.25) is 4.79 Å².